The number of carbonyl (C=O) groups excluding carboxylic acids is 1. The zero-order chi connectivity index (χ0) is 29.7. The number of allylic oxidation sites excluding steroid dienone is 2. The number of benzene rings is 3. The molecule has 2 unspecified atom stereocenters. The number of hydrogen-bond acceptors (Lipinski definition) is 3. The standard InChI is InChI=1S/C36H39NO4/c1-22(2)25(5)34-20-29(35(38)37-21-30-17-11-24(4)41-30)16-18-31(34)26(6)23(3)19-27-12-14-28(15-13-27)32-9-7-8-10-33(32)36(39)40/h7-18,20,23,26H,19,21H2,1-6H3,(H,37,38)(H,39,40). The first-order valence-electron chi connectivity index (χ1n) is 14.1. The molecule has 1 amide bonds. The number of nitrogens with one attached hydrogen (secondary N) is 1. The highest BCUT2D eigenvalue weighted by atomic mass is 16.4. The first-order chi connectivity index (χ1) is 19.5. The molecular weight excluding hydrogens is 510 g/mol. The summed E-state index contributed by atoms with van der Waals surface area (Å²) in [4.78, 5) is 24.7. The lowest BCUT2D eigenvalue weighted by atomic mass is 9.80. The maximum atomic E-state index is 13.0. The third kappa shape index (κ3) is 7.04. The van der Waals surface area contributed by atoms with E-state index in [0.717, 1.165) is 34.6 Å². The number of rotatable bonds is 10. The summed E-state index contributed by atoms with van der Waals surface area (Å²) in [5.41, 5.74) is 8.47. The first kappa shape index (κ1) is 29.6. The fourth-order valence-electron chi connectivity index (χ4n) is 5.14. The van der Waals surface area contributed by atoms with Gasteiger partial charge in [-0.1, -0.05) is 68.0 Å². The van der Waals surface area contributed by atoms with Crippen LogP contribution in [0.5, 0.6) is 0 Å². The van der Waals surface area contributed by atoms with E-state index >= 15 is 0 Å². The molecular formula is C36H39NO4. The lowest BCUT2D eigenvalue weighted by molar-refractivity contribution is 0.0697. The van der Waals surface area contributed by atoms with Crippen LogP contribution < -0.4 is 5.32 Å². The molecule has 0 spiro atoms. The van der Waals surface area contributed by atoms with E-state index in [9.17, 15) is 14.7 Å². The van der Waals surface area contributed by atoms with E-state index in [1.54, 1.807) is 12.1 Å². The molecule has 5 nitrogen and oxygen atoms in total. The van der Waals surface area contributed by atoms with E-state index in [0.29, 0.717) is 23.6 Å². The lowest BCUT2D eigenvalue weighted by Crippen LogP contribution is -2.23. The van der Waals surface area contributed by atoms with Gasteiger partial charge in [-0.3, -0.25) is 4.79 Å². The molecule has 4 aromatic rings. The topological polar surface area (TPSA) is 79.5 Å². The van der Waals surface area contributed by atoms with Crippen LogP contribution in [0.4, 0.5) is 0 Å². The Morgan fingerprint density at radius 3 is 2.22 bits per heavy atom. The van der Waals surface area contributed by atoms with Gasteiger partial charge < -0.3 is 14.8 Å². The highest BCUT2D eigenvalue weighted by molar-refractivity contribution is 5.96. The number of carbonyl (C=O) groups is 2. The molecule has 4 rings (SSSR count). The van der Waals surface area contributed by atoms with Crippen LogP contribution in [0.25, 0.3) is 16.7 Å². The third-order valence-corrected chi connectivity index (χ3v) is 8.01. The quantitative estimate of drug-likeness (QED) is 0.207. The van der Waals surface area contributed by atoms with Crippen LogP contribution in [0.15, 0.2) is 88.9 Å². The predicted molar refractivity (Wildman–Crippen MR) is 165 cm³/mol. The number of hydrogen-bond donors (Lipinski definition) is 2. The van der Waals surface area contributed by atoms with Gasteiger partial charge in [-0.05, 0) is 110 Å². The predicted octanol–water partition coefficient (Wildman–Crippen LogP) is 8.68. The van der Waals surface area contributed by atoms with Crippen molar-refractivity contribution < 1.29 is 19.1 Å². The van der Waals surface area contributed by atoms with Crippen molar-refractivity contribution in [3.05, 3.63) is 124 Å². The zero-order valence-electron chi connectivity index (χ0n) is 24.7. The monoisotopic (exact) mass is 549 g/mol. The molecule has 5 heteroatoms. The Labute approximate surface area is 242 Å². The fourth-order valence-corrected chi connectivity index (χ4v) is 5.14. The normalized spacial score (nSPS) is 12.4. The molecule has 2 atom stereocenters. The van der Waals surface area contributed by atoms with Crippen LogP contribution in [0.1, 0.15) is 89.5 Å². The van der Waals surface area contributed by atoms with Crippen LogP contribution in [-0.4, -0.2) is 17.0 Å². The number of amides is 1. The number of aromatic carboxylic acids is 1. The Morgan fingerprint density at radius 1 is 0.878 bits per heavy atom. The molecule has 1 aromatic heterocycles. The molecule has 0 aliphatic carbocycles. The van der Waals surface area contributed by atoms with Gasteiger partial charge in [0.1, 0.15) is 11.5 Å². The van der Waals surface area contributed by atoms with Crippen LogP contribution in [-0.2, 0) is 13.0 Å². The summed E-state index contributed by atoms with van der Waals surface area (Å²) in [6, 6.07) is 25.1. The van der Waals surface area contributed by atoms with Crippen molar-refractivity contribution in [3.63, 3.8) is 0 Å². The van der Waals surface area contributed by atoms with Gasteiger partial charge in [0.25, 0.3) is 5.91 Å². The molecule has 3 aromatic carbocycles. The largest absolute Gasteiger partial charge is 0.478 e. The molecule has 0 saturated heterocycles. The van der Waals surface area contributed by atoms with E-state index < -0.39 is 5.97 Å². The second kappa shape index (κ2) is 12.9. The molecule has 0 aliphatic rings. The zero-order valence-corrected chi connectivity index (χ0v) is 24.7. The van der Waals surface area contributed by atoms with Crippen LogP contribution in [0, 0.1) is 12.8 Å². The Morgan fingerprint density at radius 2 is 1.59 bits per heavy atom. The van der Waals surface area contributed by atoms with Gasteiger partial charge in [-0.15, -0.1) is 0 Å². The van der Waals surface area contributed by atoms with E-state index in [2.05, 4.69) is 58.1 Å². The Bertz CT molecular complexity index is 1570. The number of carboxylic acids is 1. The molecule has 0 aliphatic heterocycles. The Balaban J connectivity index is 1.52. The molecule has 0 saturated carbocycles. The van der Waals surface area contributed by atoms with Gasteiger partial charge in [-0.2, -0.15) is 0 Å². The molecule has 41 heavy (non-hydrogen) atoms. The third-order valence-electron chi connectivity index (χ3n) is 8.01. The molecule has 0 fully saturated rings. The van der Waals surface area contributed by atoms with Crippen LogP contribution in [0.2, 0.25) is 0 Å². The molecule has 0 radical (unpaired) electrons. The van der Waals surface area contributed by atoms with Gasteiger partial charge in [0, 0.05) is 5.56 Å². The van der Waals surface area contributed by atoms with Gasteiger partial charge in [0.2, 0.25) is 0 Å². The highest BCUT2D eigenvalue weighted by Gasteiger charge is 2.21. The summed E-state index contributed by atoms with van der Waals surface area (Å²) < 4.78 is 5.59. The molecule has 0 bridgehead atoms. The molecule has 2 N–H and O–H groups in total. The minimum atomic E-state index is -0.925. The van der Waals surface area contributed by atoms with Gasteiger partial charge in [0.15, 0.2) is 0 Å². The van der Waals surface area contributed by atoms with Gasteiger partial charge in [0.05, 0.1) is 12.1 Å². The average molecular weight is 550 g/mol. The number of carboxylic acid groups (broad SMARTS) is 1. The van der Waals surface area contributed by atoms with Gasteiger partial charge >= 0.3 is 5.97 Å². The number of furan rings is 1. The van der Waals surface area contributed by atoms with E-state index in [4.69, 9.17) is 4.42 Å². The summed E-state index contributed by atoms with van der Waals surface area (Å²) in [5.74, 6) is 1.08. The minimum Gasteiger partial charge on any atom is -0.478 e. The highest BCUT2D eigenvalue weighted by Crippen LogP contribution is 2.35. The van der Waals surface area contributed by atoms with Crippen LogP contribution >= 0.6 is 0 Å². The van der Waals surface area contributed by atoms with Crippen molar-refractivity contribution in [1.82, 2.24) is 5.32 Å². The average Bonchev–Trinajstić information content (AvgIpc) is 3.39. The summed E-state index contributed by atoms with van der Waals surface area (Å²) in [6.45, 7) is 13.1. The van der Waals surface area contributed by atoms with E-state index in [1.807, 2.05) is 55.5 Å². The van der Waals surface area contributed by atoms with Crippen molar-refractivity contribution in [2.24, 2.45) is 5.92 Å². The lowest BCUT2D eigenvalue weighted by Gasteiger charge is -2.25. The second-order valence-electron chi connectivity index (χ2n) is 11.1. The SMILES string of the molecule is CC(C)=C(C)c1cc(C(=O)NCc2ccc(C)o2)ccc1C(C)C(C)Cc1ccc(-c2ccccc2C(=O)O)cc1. The van der Waals surface area contributed by atoms with Crippen molar-refractivity contribution in [2.45, 2.75) is 60.4 Å². The van der Waals surface area contributed by atoms with Crippen molar-refractivity contribution in [2.75, 3.05) is 0 Å². The van der Waals surface area contributed by atoms with Crippen molar-refractivity contribution in [1.29, 1.82) is 0 Å². The van der Waals surface area contributed by atoms with Crippen LogP contribution in [0.3, 0.4) is 0 Å². The Hall–Kier alpha value is -4.38. The molecule has 1 heterocycles. The molecule has 212 valence electrons. The van der Waals surface area contributed by atoms with Crippen molar-refractivity contribution >= 4 is 17.4 Å². The second-order valence-corrected chi connectivity index (χ2v) is 11.1. The summed E-state index contributed by atoms with van der Waals surface area (Å²) in [7, 11) is 0. The van der Waals surface area contributed by atoms with E-state index in [-0.39, 0.29) is 11.8 Å². The smallest absolute Gasteiger partial charge is 0.336 e. The van der Waals surface area contributed by atoms with Gasteiger partial charge in [-0.25, -0.2) is 4.79 Å². The summed E-state index contributed by atoms with van der Waals surface area (Å²) in [6.07, 6.45) is 0.875. The minimum absolute atomic E-state index is 0.126. The van der Waals surface area contributed by atoms with E-state index in [1.165, 1.54) is 22.3 Å². The summed E-state index contributed by atoms with van der Waals surface area (Å²) in [5, 5.41) is 12.5. The first-order valence-corrected chi connectivity index (χ1v) is 14.1. The summed E-state index contributed by atoms with van der Waals surface area (Å²) >= 11 is 0. The maximum Gasteiger partial charge on any atom is 0.336 e. The van der Waals surface area contributed by atoms with Crippen molar-refractivity contribution in [3.8, 4) is 11.1 Å². The Kier molecular flexibility index (Phi) is 9.28. The maximum absolute atomic E-state index is 13.0. The fraction of sp³-hybridized carbons (Fsp3) is 0.278. The number of aryl methyl sites for hydroxylation is 1.